The SMILES string of the molecule is CCCC(CC)NS(=O)(=O)c1ccc([N+](=O)[O-])cc1N. The maximum Gasteiger partial charge on any atom is 0.271 e. The van der Waals surface area contributed by atoms with Crippen molar-refractivity contribution in [1.29, 1.82) is 0 Å². The Kier molecular flexibility index (Phi) is 5.46. The summed E-state index contributed by atoms with van der Waals surface area (Å²) in [7, 11) is -3.76. The fourth-order valence-electron chi connectivity index (χ4n) is 1.87. The van der Waals surface area contributed by atoms with E-state index in [1.165, 1.54) is 0 Å². The van der Waals surface area contributed by atoms with Crippen LogP contribution in [-0.2, 0) is 10.0 Å². The van der Waals surface area contributed by atoms with E-state index in [0.717, 1.165) is 31.0 Å². The minimum absolute atomic E-state index is 0.127. The normalized spacial score (nSPS) is 13.1. The van der Waals surface area contributed by atoms with E-state index in [1.54, 1.807) is 0 Å². The smallest absolute Gasteiger partial charge is 0.271 e. The molecule has 1 aromatic carbocycles. The molecule has 112 valence electrons. The van der Waals surface area contributed by atoms with Crippen molar-refractivity contribution in [3.63, 3.8) is 0 Å². The quantitative estimate of drug-likeness (QED) is 0.454. The van der Waals surface area contributed by atoms with Crippen molar-refractivity contribution in [2.45, 2.75) is 44.0 Å². The van der Waals surface area contributed by atoms with Gasteiger partial charge in [-0.05, 0) is 18.9 Å². The summed E-state index contributed by atoms with van der Waals surface area (Å²) < 4.78 is 27.0. The van der Waals surface area contributed by atoms with Gasteiger partial charge in [-0.1, -0.05) is 20.3 Å². The van der Waals surface area contributed by atoms with Crippen molar-refractivity contribution < 1.29 is 13.3 Å². The Bertz CT molecular complexity index is 586. The first-order valence-corrected chi connectivity index (χ1v) is 7.86. The summed E-state index contributed by atoms with van der Waals surface area (Å²) in [5, 5.41) is 10.6. The number of nitro benzene ring substituents is 1. The van der Waals surface area contributed by atoms with E-state index in [9.17, 15) is 18.5 Å². The van der Waals surface area contributed by atoms with Crippen LogP contribution in [0.1, 0.15) is 33.1 Å². The van der Waals surface area contributed by atoms with Gasteiger partial charge in [0.15, 0.2) is 0 Å². The van der Waals surface area contributed by atoms with Crippen molar-refractivity contribution in [3.05, 3.63) is 28.3 Å². The van der Waals surface area contributed by atoms with Gasteiger partial charge >= 0.3 is 0 Å². The van der Waals surface area contributed by atoms with Gasteiger partial charge in [0, 0.05) is 18.2 Å². The zero-order valence-corrected chi connectivity index (χ0v) is 12.3. The molecule has 0 fully saturated rings. The molecule has 8 heteroatoms. The minimum Gasteiger partial charge on any atom is -0.397 e. The van der Waals surface area contributed by atoms with E-state index in [-0.39, 0.29) is 22.3 Å². The Morgan fingerprint density at radius 1 is 1.40 bits per heavy atom. The molecule has 0 saturated heterocycles. The lowest BCUT2D eigenvalue weighted by Crippen LogP contribution is -2.34. The van der Waals surface area contributed by atoms with Crippen LogP contribution in [0.5, 0.6) is 0 Å². The van der Waals surface area contributed by atoms with Crippen LogP contribution < -0.4 is 10.5 Å². The van der Waals surface area contributed by atoms with Crippen LogP contribution in [0.2, 0.25) is 0 Å². The lowest BCUT2D eigenvalue weighted by Gasteiger charge is -2.17. The van der Waals surface area contributed by atoms with Gasteiger partial charge in [-0.2, -0.15) is 0 Å². The van der Waals surface area contributed by atoms with Crippen LogP contribution >= 0.6 is 0 Å². The highest BCUT2D eigenvalue weighted by Crippen LogP contribution is 2.24. The summed E-state index contributed by atoms with van der Waals surface area (Å²) >= 11 is 0. The third-order valence-electron chi connectivity index (χ3n) is 2.95. The van der Waals surface area contributed by atoms with Crippen LogP contribution in [-0.4, -0.2) is 19.4 Å². The average molecular weight is 301 g/mol. The zero-order chi connectivity index (χ0) is 15.3. The second-order valence-electron chi connectivity index (χ2n) is 4.49. The fourth-order valence-corrected chi connectivity index (χ4v) is 3.34. The molecule has 0 aliphatic rings. The molecule has 1 aromatic rings. The third-order valence-corrected chi connectivity index (χ3v) is 4.54. The highest BCUT2D eigenvalue weighted by Gasteiger charge is 2.22. The van der Waals surface area contributed by atoms with Crippen LogP contribution in [0, 0.1) is 10.1 Å². The summed E-state index contributed by atoms with van der Waals surface area (Å²) in [6, 6.07) is 3.18. The molecule has 0 aromatic heterocycles. The number of sulfonamides is 1. The predicted molar refractivity (Wildman–Crippen MR) is 76.8 cm³/mol. The Labute approximate surface area is 118 Å². The molecular formula is C12H19N3O4S. The van der Waals surface area contributed by atoms with E-state index >= 15 is 0 Å². The van der Waals surface area contributed by atoms with Crippen molar-refractivity contribution in [2.24, 2.45) is 0 Å². The van der Waals surface area contributed by atoms with Gasteiger partial charge in [-0.3, -0.25) is 10.1 Å². The summed E-state index contributed by atoms with van der Waals surface area (Å²) in [6.45, 7) is 3.86. The Balaban J connectivity index is 3.06. The van der Waals surface area contributed by atoms with E-state index in [2.05, 4.69) is 4.72 Å². The van der Waals surface area contributed by atoms with Crippen LogP contribution in [0.4, 0.5) is 11.4 Å². The number of nitrogen functional groups attached to an aromatic ring is 1. The van der Waals surface area contributed by atoms with Crippen molar-refractivity contribution in [2.75, 3.05) is 5.73 Å². The highest BCUT2D eigenvalue weighted by atomic mass is 32.2. The largest absolute Gasteiger partial charge is 0.397 e. The molecule has 0 aliphatic heterocycles. The number of anilines is 1. The fraction of sp³-hybridized carbons (Fsp3) is 0.500. The third kappa shape index (κ3) is 3.91. The number of nitrogens with one attached hydrogen (secondary N) is 1. The van der Waals surface area contributed by atoms with Crippen LogP contribution in [0.25, 0.3) is 0 Å². The van der Waals surface area contributed by atoms with Gasteiger partial charge in [0.1, 0.15) is 4.90 Å². The lowest BCUT2D eigenvalue weighted by atomic mass is 10.1. The van der Waals surface area contributed by atoms with Crippen LogP contribution in [0.15, 0.2) is 23.1 Å². The molecule has 0 aliphatic carbocycles. The molecular weight excluding hydrogens is 282 g/mol. The maximum absolute atomic E-state index is 12.2. The first-order chi connectivity index (χ1) is 9.31. The first kappa shape index (κ1) is 16.4. The molecule has 1 rings (SSSR count). The number of benzene rings is 1. The van der Waals surface area contributed by atoms with E-state index < -0.39 is 14.9 Å². The number of hydrogen-bond acceptors (Lipinski definition) is 5. The van der Waals surface area contributed by atoms with Crippen molar-refractivity contribution in [1.82, 2.24) is 4.72 Å². The Hall–Kier alpha value is -1.67. The van der Waals surface area contributed by atoms with E-state index in [0.29, 0.717) is 6.42 Å². The molecule has 3 N–H and O–H groups in total. The topological polar surface area (TPSA) is 115 Å². The van der Waals surface area contributed by atoms with Gasteiger partial charge < -0.3 is 5.73 Å². The van der Waals surface area contributed by atoms with Gasteiger partial charge in [0.2, 0.25) is 10.0 Å². The average Bonchev–Trinajstić information content (AvgIpc) is 2.37. The van der Waals surface area contributed by atoms with E-state index in [4.69, 9.17) is 5.73 Å². The summed E-state index contributed by atoms with van der Waals surface area (Å²) in [5.41, 5.74) is 5.25. The molecule has 0 heterocycles. The standard InChI is InChI=1S/C12H19N3O4S/c1-3-5-9(4-2)14-20(18,19)12-7-6-10(15(16)17)8-11(12)13/h6-9,14H,3-5,13H2,1-2H3. The molecule has 0 saturated carbocycles. The van der Waals surface area contributed by atoms with Gasteiger partial charge in [-0.15, -0.1) is 0 Å². The number of nitrogens with two attached hydrogens (primary N) is 1. The Morgan fingerprint density at radius 3 is 2.50 bits per heavy atom. The van der Waals surface area contributed by atoms with Gasteiger partial charge in [0.25, 0.3) is 5.69 Å². The molecule has 0 spiro atoms. The number of non-ortho nitro benzene ring substituents is 1. The number of hydrogen-bond donors (Lipinski definition) is 2. The maximum atomic E-state index is 12.2. The highest BCUT2D eigenvalue weighted by molar-refractivity contribution is 7.89. The second kappa shape index (κ2) is 6.67. The molecule has 0 bridgehead atoms. The summed E-state index contributed by atoms with van der Waals surface area (Å²) in [4.78, 5) is 9.86. The second-order valence-corrected chi connectivity index (χ2v) is 6.18. The predicted octanol–water partition coefficient (Wildman–Crippen LogP) is 2.03. The van der Waals surface area contributed by atoms with Gasteiger partial charge in [0.05, 0.1) is 10.6 Å². The molecule has 20 heavy (non-hydrogen) atoms. The monoisotopic (exact) mass is 301 g/mol. The molecule has 0 radical (unpaired) electrons. The Morgan fingerprint density at radius 2 is 2.05 bits per heavy atom. The van der Waals surface area contributed by atoms with Crippen molar-refractivity contribution in [3.8, 4) is 0 Å². The number of rotatable bonds is 7. The minimum atomic E-state index is -3.76. The summed E-state index contributed by atoms with van der Waals surface area (Å²) in [5.74, 6) is 0. The number of nitrogens with zero attached hydrogens (tertiary/aromatic N) is 1. The summed E-state index contributed by atoms with van der Waals surface area (Å²) in [6.07, 6.45) is 2.25. The lowest BCUT2D eigenvalue weighted by molar-refractivity contribution is -0.384. The molecule has 1 atom stereocenters. The van der Waals surface area contributed by atoms with Gasteiger partial charge in [-0.25, -0.2) is 13.1 Å². The number of nitro groups is 1. The van der Waals surface area contributed by atoms with Crippen LogP contribution in [0.3, 0.4) is 0 Å². The zero-order valence-electron chi connectivity index (χ0n) is 11.5. The molecule has 7 nitrogen and oxygen atoms in total. The van der Waals surface area contributed by atoms with Crippen molar-refractivity contribution >= 4 is 21.4 Å². The van der Waals surface area contributed by atoms with E-state index in [1.807, 2.05) is 13.8 Å². The molecule has 1 unspecified atom stereocenters. The molecule has 0 amide bonds. The first-order valence-electron chi connectivity index (χ1n) is 6.38.